The quantitative estimate of drug-likeness (QED) is 0.572. The number of hydrogen-bond donors (Lipinski definition) is 1. The van der Waals surface area contributed by atoms with E-state index in [1.165, 1.54) is 10.5 Å². The van der Waals surface area contributed by atoms with Gasteiger partial charge in [0.25, 0.3) is 0 Å². The average molecular weight is 195 g/mol. The van der Waals surface area contributed by atoms with Crippen LogP contribution in [0, 0.1) is 6.92 Å². The second-order valence-electron chi connectivity index (χ2n) is 2.97. The molecule has 0 aliphatic rings. The molecule has 1 N–H and O–H groups in total. The summed E-state index contributed by atoms with van der Waals surface area (Å²) in [7, 11) is 0. The van der Waals surface area contributed by atoms with Gasteiger partial charge in [0, 0.05) is 17.2 Å². The maximum absolute atomic E-state index is 3.32. The second kappa shape index (κ2) is 6.06. The number of thioether (sulfide) groups is 1. The summed E-state index contributed by atoms with van der Waals surface area (Å²) < 4.78 is 0. The molecule has 1 nitrogen and oxygen atoms in total. The Morgan fingerprint density at radius 1 is 1.31 bits per heavy atom. The summed E-state index contributed by atoms with van der Waals surface area (Å²) in [6.07, 6.45) is 0. The highest BCUT2D eigenvalue weighted by Crippen LogP contribution is 2.20. The first-order valence-electron chi connectivity index (χ1n) is 4.73. The van der Waals surface area contributed by atoms with Crippen LogP contribution in [-0.2, 0) is 0 Å². The van der Waals surface area contributed by atoms with Crippen LogP contribution < -0.4 is 5.32 Å². The molecular formula is C11H17NS. The Morgan fingerprint density at radius 3 is 2.77 bits per heavy atom. The van der Waals surface area contributed by atoms with Gasteiger partial charge < -0.3 is 5.32 Å². The Hall–Kier alpha value is -0.470. The molecule has 0 radical (unpaired) electrons. The molecule has 0 fully saturated rings. The summed E-state index contributed by atoms with van der Waals surface area (Å²) in [6.45, 7) is 6.46. The predicted octanol–water partition coefficient (Wildman–Crippen LogP) is 2.70. The molecule has 0 heterocycles. The van der Waals surface area contributed by atoms with E-state index in [1.807, 2.05) is 11.8 Å². The Bertz CT molecular complexity index is 248. The largest absolute Gasteiger partial charge is 0.316 e. The van der Waals surface area contributed by atoms with Crippen molar-refractivity contribution in [2.45, 2.75) is 18.7 Å². The molecule has 0 amide bonds. The first-order chi connectivity index (χ1) is 6.34. The molecule has 1 rings (SSSR count). The Morgan fingerprint density at radius 2 is 2.08 bits per heavy atom. The minimum absolute atomic E-state index is 1.06. The van der Waals surface area contributed by atoms with E-state index >= 15 is 0 Å². The zero-order valence-electron chi connectivity index (χ0n) is 8.34. The summed E-state index contributed by atoms with van der Waals surface area (Å²) in [5, 5.41) is 3.32. The summed E-state index contributed by atoms with van der Waals surface area (Å²) in [5.74, 6) is 1.15. The SMILES string of the molecule is CCNCCSc1ccccc1C. The van der Waals surface area contributed by atoms with Crippen molar-refractivity contribution in [3.8, 4) is 0 Å². The molecule has 2 heteroatoms. The standard InChI is InChI=1S/C11H17NS/c1-3-12-8-9-13-11-7-5-4-6-10(11)2/h4-7,12H,3,8-9H2,1-2H3. The van der Waals surface area contributed by atoms with Crippen molar-refractivity contribution in [2.75, 3.05) is 18.8 Å². The van der Waals surface area contributed by atoms with Gasteiger partial charge in [-0.25, -0.2) is 0 Å². The first-order valence-corrected chi connectivity index (χ1v) is 5.72. The third kappa shape index (κ3) is 3.83. The molecule has 0 atom stereocenters. The third-order valence-electron chi connectivity index (χ3n) is 1.88. The van der Waals surface area contributed by atoms with Crippen LogP contribution in [0.4, 0.5) is 0 Å². The number of hydrogen-bond acceptors (Lipinski definition) is 2. The first kappa shape index (κ1) is 10.6. The lowest BCUT2D eigenvalue weighted by molar-refractivity contribution is 0.768. The number of aryl methyl sites for hydroxylation is 1. The van der Waals surface area contributed by atoms with E-state index in [4.69, 9.17) is 0 Å². The molecule has 13 heavy (non-hydrogen) atoms. The van der Waals surface area contributed by atoms with Gasteiger partial charge in [0.05, 0.1) is 0 Å². The predicted molar refractivity (Wildman–Crippen MR) is 60.4 cm³/mol. The van der Waals surface area contributed by atoms with Crippen molar-refractivity contribution >= 4 is 11.8 Å². The second-order valence-corrected chi connectivity index (χ2v) is 4.10. The highest BCUT2D eigenvalue weighted by molar-refractivity contribution is 7.99. The Balaban J connectivity index is 2.32. The van der Waals surface area contributed by atoms with Gasteiger partial charge in [-0.2, -0.15) is 0 Å². The molecular weight excluding hydrogens is 178 g/mol. The molecule has 0 saturated heterocycles. The van der Waals surface area contributed by atoms with Crippen LogP contribution >= 0.6 is 11.8 Å². The number of nitrogens with one attached hydrogen (secondary N) is 1. The summed E-state index contributed by atoms with van der Waals surface area (Å²) >= 11 is 1.92. The fourth-order valence-electron chi connectivity index (χ4n) is 1.13. The summed E-state index contributed by atoms with van der Waals surface area (Å²) in [5.41, 5.74) is 1.38. The van der Waals surface area contributed by atoms with Crippen molar-refractivity contribution in [1.29, 1.82) is 0 Å². The smallest absolute Gasteiger partial charge is 0.0106 e. The van der Waals surface area contributed by atoms with E-state index in [-0.39, 0.29) is 0 Å². The van der Waals surface area contributed by atoms with Crippen LogP contribution in [0.1, 0.15) is 12.5 Å². The van der Waals surface area contributed by atoms with Gasteiger partial charge in [-0.05, 0) is 25.1 Å². The van der Waals surface area contributed by atoms with Crippen molar-refractivity contribution < 1.29 is 0 Å². The normalized spacial score (nSPS) is 10.3. The Kier molecular flexibility index (Phi) is 4.94. The van der Waals surface area contributed by atoms with Crippen LogP contribution in [0.25, 0.3) is 0 Å². The van der Waals surface area contributed by atoms with Crippen LogP contribution in [0.3, 0.4) is 0 Å². The third-order valence-corrected chi connectivity index (χ3v) is 3.06. The summed E-state index contributed by atoms with van der Waals surface area (Å²) in [4.78, 5) is 1.40. The number of benzene rings is 1. The van der Waals surface area contributed by atoms with Crippen LogP contribution in [-0.4, -0.2) is 18.8 Å². The molecule has 0 saturated carbocycles. The van der Waals surface area contributed by atoms with Crippen molar-refractivity contribution in [1.82, 2.24) is 5.32 Å². The van der Waals surface area contributed by atoms with E-state index in [0.717, 1.165) is 18.8 Å². The summed E-state index contributed by atoms with van der Waals surface area (Å²) in [6, 6.07) is 8.54. The zero-order valence-corrected chi connectivity index (χ0v) is 9.16. The fraction of sp³-hybridized carbons (Fsp3) is 0.455. The average Bonchev–Trinajstić information content (AvgIpc) is 2.15. The van der Waals surface area contributed by atoms with Gasteiger partial charge in [0.1, 0.15) is 0 Å². The lowest BCUT2D eigenvalue weighted by atomic mass is 10.2. The topological polar surface area (TPSA) is 12.0 Å². The number of rotatable bonds is 5. The van der Waals surface area contributed by atoms with Crippen molar-refractivity contribution in [3.63, 3.8) is 0 Å². The molecule has 0 aliphatic heterocycles. The lowest BCUT2D eigenvalue weighted by Gasteiger charge is -2.04. The molecule has 0 unspecified atom stereocenters. The minimum atomic E-state index is 1.06. The molecule has 0 aromatic heterocycles. The van der Waals surface area contributed by atoms with Gasteiger partial charge in [0.15, 0.2) is 0 Å². The van der Waals surface area contributed by atoms with Gasteiger partial charge in [-0.15, -0.1) is 11.8 Å². The lowest BCUT2D eigenvalue weighted by Crippen LogP contribution is -2.15. The van der Waals surface area contributed by atoms with Gasteiger partial charge in [0.2, 0.25) is 0 Å². The van der Waals surface area contributed by atoms with E-state index in [9.17, 15) is 0 Å². The highest BCUT2D eigenvalue weighted by Gasteiger charge is 1.95. The Labute approximate surface area is 84.9 Å². The molecule has 1 aromatic carbocycles. The van der Waals surface area contributed by atoms with Gasteiger partial charge >= 0.3 is 0 Å². The van der Waals surface area contributed by atoms with E-state index in [1.54, 1.807) is 0 Å². The van der Waals surface area contributed by atoms with Crippen LogP contribution in [0.2, 0.25) is 0 Å². The van der Waals surface area contributed by atoms with E-state index < -0.39 is 0 Å². The fourth-order valence-corrected chi connectivity index (χ4v) is 2.07. The molecule has 1 aromatic rings. The zero-order chi connectivity index (χ0) is 9.52. The van der Waals surface area contributed by atoms with E-state index in [2.05, 4.69) is 43.4 Å². The van der Waals surface area contributed by atoms with Crippen molar-refractivity contribution in [3.05, 3.63) is 29.8 Å². The minimum Gasteiger partial charge on any atom is -0.316 e. The van der Waals surface area contributed by atoms with Crippen LogP contribution in [0.5, 0.6) is 0 Å². The maximum atomic E-state index is 3.32. The highest BCUT2D eigenvalue weighted by atomic mass is 32.2. The molecule has 72 valence electrons. The molecule has 0 bridgehead atoms. The van der Waals surface area contributed by atoms with Crippen LogP contribution in [0.15, 0.2) is 29.2 Å². The monoisotopic (exact) mass is 195 g/mol. The molecule has 0 spiro atoms. The van der Waals surface area contributed by atoms with Gasteiger partial charge in [-0.1, -0.05) is 25.1 Å². The van der Waals surface area contributed by atoms with Crippen molar-refractivity contribution in [2.24, 2.45) is 0 Å². The van der Waals surface area contributed by atoms with Gasteiger partial charge in [-0.3, -0.25) is 0 Å². The maximum Gasteiger partial charge on any atom is 0.0106 e. The molecule has 0 aliphatic carbocycles. The van der Waals surface area contributed by atoms with E-state index in [0.29, 0.717) is 0 Å².